The Kier molecular flexibility index (Phi) is 8.28. The van der Waals surface area contributed by atoms with Crippen LogP contribution in [0.5, 0.6) is 0 Å². The third-order valence-corrected chi connectivity index (χ3v) is 14.3. The molecular weight excluding hydrogens is 747 g/mol. The fourth-order valence-corrected chi connectivity index (χ4v) is 11.3. The molecule has 8 aromatic carbocycles. The molecule has 0 N–H and O–H groups in total. The van der Waals surface area contributed by atoms with Crippen LogP contribution in [0.4, 0.5) is 17.1 Å². The second-order valence-electron chi connectivity index (χ2n) is 18.2. The van der Waals surface area contributed by atoms with Gasteiger partial charge in [0.15, 0.2) is 0 Å². The van der Waals surface area contributed by atoms with Crippen molar-refractivity contribution < 1.29 is 4.42 Å². The first kappa shape index (κ1) is 36.6. The lowest BCUT2D eigenvalue weighted by atomic mass is 9.82. The summed E-state index contributed by atoms with van der Waals surface area (Å²) in [4.78, 5) is 2.35. The second kappa shape index (κ2) is 13.6. The Morgan fingerprint density at radius 2 is 0.933 bits per heavy atom. The van der Waals surface area contributed by atoms with E-state index in [4.69, 9.17) is 4.42 Å². The molecule has 0 fully saturated rings. The molecule has 60 heavy (non-hydrogen) atoms. The highest BCUT2D eigenvalue weighted by Gasteiger charge is 2.42. The maximum atomic E-state index is 6.53. The maximum Gasteiger partial charge on any atom is 0.137 e. The van der Waals surface area contributed by atoms with Crippen LogP contribution in [0.1, 0.15) is 56.4 Å². The van der Waals surface area contributed by atoms with E-state index in [0.29, 0.717) is 0 Å². The molecule has 11 rings (SSSR count). The molecule has 2 aromatic heterocycles. The van der Waals surface area contributed by atoms with Crippen LogP contribution in [-0.4, -0.2) is 0 Å². The zero-order valence-electron chi connectivity index (χ0n) is 35.1. The van der Waals surface area contributed by atoms with Gasteiger partial charge in [0.1, 0.15) is 11.2 Å². The zero-order chi connectivity index (χ0) is 40.9. The minimum absolute atomic E-state index is 0.191. The fourth-order valence-electron chi connectivity index (χ4n) is 10.2. The van der Waals surface area contributed by atoms with E-state index >= 15 is 0 Å². The van der Waals surface area contributed by atoms with Gasteiger partial charge in [0.05, 0.1) is 0 Å². The molecule has 0 radical (unpaired) electrons. The van der Waals surface area contributed by atoms with E-state index in [2.05, 4.69) is 210 Å². The van der Waals surface area contributed by atoms with Crippen molar-refractivity contribution in [3.63, 3.8) is 0 Å². The van der Waals surface area contributed by atoms with Gasteiger partial charge in [-0.15, -0.1) is 11.3 Å². The van der Waals surface area contributed by atoms with E-state index in [-0.39, 0.29) is 10.8 Å². The van der Waals surface area contributed by atoms with Gasteiger partial charge in [-0.3, -0.25) is 0 Å². The van der Waals surface area contributed by atoms with Gasteiger partial charge >= 0.3 is 0 Å². The highest BCUT2D eigenvalue weighted by molar-refractivity contribution is 7.25. The van der Waals surface area contributed by atoms with Gasteiger partial charge in [0.25, 0.3) is 0 Å². The molecular formula is C57H47NOS. The summed E-state index contributed by atoms with van der Waals surface area (Å²) >= 11 is 1.93. The van der Waals surface area contributed by atoms with Crippen LogP contribution in [0.3, 0.4) is 0 Å². The molecule has 0 amide bonds. The van der Waals surface area contributed by atoms with Crippen molar-refractivity contribution in [2.24, 2.45) is 0 Å². The summed E-state index contributed by atoms with van der Waals surface area (Å²) < 4.78 is 9.27. The van der Waals surface area contributed by atoms with E-state index in [1.54, 1.807) is 0 Å². The Balaban J connectivity index is 0.961. The number of hydrogen-bond donors (Lipinski definition) is 0. The monoisotopic (exact) mass is 793 g/mol. The molecule has 10 aromatic rings. The van der Waals surface area contributed by atoms with Crippen molar-refractivity contribution in [2.75, 3.05) is 4.90 Å². The zero-order valence-corrected chi connectivity index (χ0v) is 35.9. The quantitative estimate of drug-likeness (QED) is 0.167. The SMILES string of the molecule is Cc1cc2oc3cc(N(c4cccc(-c5ccccc5)c4)c4cccc(-c5ccc(-c6ccc7c(c6)sc6cc8c(cc67)C(C)(C)CC8(C)C)cc5)c4)ccc3c2cc1C. The van der Waals surface area contributed by atoms with Gasteiger partial charge in [-0.2, -0.15) is 0 Å². The van der Waals surface area contributed by atoms with Crippen LogP contribution >= 0.6 is 11.3 Å². The molecule has 0 spiro atoms. The minimum atomic E-state index is 0.191. The molecule has 292 valence electrons. The molecule has 0 saturated carbocycles. The number of rotatable bonds is 6. The van der Waals surface area contributed by atoms with Gasteiger partial charge < -0.3 is 9.32 Å². The first-order chi connectivity index (χ1) is 29.0. The van der Waals surface area contributed by atoms with Crippen molar-refractivity contribution in [2.45, 2.75) is 58.8 Å². The van der Waals surface area contributed by atoms with Crippen LogP contribution in [0.25, 0.3) is 75.5 Å². The lowest BCUT2D eigenvalue weighted by Crippen LogP contribution is -2.17. The summed E-state index contributed by atoms with van der Waals surface area (Å²) in [6, 6.07) is 60.5. The fraction of sp³-hybridized carbons (Fsp3) is 0.158. The Hall–Kier alpha value is -6.42. The number of fused-ring (bicyclic) bond motifs is 7. The molecule has 0 bridgehead atoms. The van der Waals surface area contributed by atoms with Crippen LogP contribution in [0.2, 0.25) is 0 Å². The third-order valence-electron chi connectivity index (χ3n) is 13.2. The normalized spacial score (nSPS) is 14.4. The number of thiophene rings is 1. The highest BCUT2D eigenvalue weighted by Crippen LogP contribution is 2.52. The minimum Gasteiger partial charge on any atom is -0.456 e. The van der Waals surface area contributed by atoms with Gasteiger partial charge in [-0.25, -0.2) is 0 Å². The number of hydrogen-bond acceptors (Lipinski definition) is 3. The summed E-state index contributed by atoms with van der Waals surface area (Å²) in [7, 11) is 0. The lowest BCUT2D eigenvalue weighted by molar-refractivity contribution is 0.403. The molecule has 1 aliphatic rings. The van der Waals surface area contributed by atoms with Gasteiger partial charge in [-0.1, -0.05) is 119 Å². The average Bonchev–Trinajstić information content (AvgIpc) is 3.85. The number of aryl methyl sites for hydroxylation is 2. The van der Waals surface area contributed by atoms with Gasteiger partial charge in [0.2, 0.25) is 0 Å². The van der Waals surface area contributed by atoms with E-state index < -0.39 is 0 Å². The molecule has 2 heterocycles. The first-order valence-corrected chi connectivity index (χ1v) is 21.9. The Morgan fingerprint density at radius 3 is 1.62 bits per heavy atom. The van der Waals surface area contributed by atoms with Crippen LogP contribution in [0.15, 0.2) is 168 Å². The maximum absolute atomic E-state index is 6.53. The topological polar surface area (TPSA) is 16.4 Å². The van der Waals surface area contributed by atoms with Crippen molar-refractivity contribution in [1.29, 1.82) is 0 Å². The first-order valence-electron chi connectivity index (χ1n) is 21.1. The number of furan rings is 1. The highest BCUT2D eigenvalue weighted by atomic mass is 32.1. The van der Waals surface area contributed by atoms with Crippen LogP contribution < -0.4 is 4.90 Å². The standard InChI is InChI=1S/C57H47NOS/c1-35-26-48-46-25-23-45(31-53(46)59-52(48)27-36(35)2)58(43-16-10-14-40(28-43)37-12-8-7-9-13-37)44-17-11-15-41(29-44)38-18-20-39(21-19-38)42-22-24-47-49-32-50-51(33-55(49)60-54(47)30-42)57(5,6)34-56(50,3)4/h7-33H,34H2,1-6H3. The summed E-state index contributed by atoms with van der Waals surface area (Å²) in [5, 5.41) is 5.04. The molecule has 0 saturated heterocycles. The average molecular weight is 794 g/mol. The Labute approximate surface area is 356 Å². The van der Waals surface area contributed by atoms with Crippen molar-refractivity contribution in [3.05, 3.63) is 186 Å². The van der Waals surface area contributed by atoms with E-state index in [9.17, 15) is 0 Å². The summed E-state index contributed by atoms with van der Waals surface area (Å²) in [5.41, 5.74) is 18.1. The molecule has 2 nitrogen and oxygen atoms in total. The van der Waals surface area contributed by atoms with E-state index in [0.717, 1.165) is 44.6 Å². The molecule has 3 heteroatoms. The molecule has 0 atom stereocenters. The lowest BCUT2D eigenvalue weighted by Gasteiger charge is -2.26. The van der Waals surface area contributed by atoms with Gasteiger partial charge in [-0.05, 0) is 153 Å². The smallest absolute Gasteiger partial charge is 0.137 e. The molecule has 1 aliphatic carbocycles. The third kappa shape index (κ3) is 6.06. The summed E-state index contributed by atoms with van der Waals surface area (Å²) in [6.45, 7) is 13.9. The Morgan fingerprint density at radius 1 is 0.417 bits per heavy atom. The molecule has 0 aliphatic heterocycles. The van der Waals surface area contributed by atoms with Crippen molar-refractivity contribution in [1.82, 2.24) is 0 Å². The number of anilines is 3. The predicted octanol–water partition coefficient (Wildman–Crippen LogP) is 17.0. The Bertz CT molecular complexity index is 3310. The second-order valence-corrected chi connectivity index (χ2v) is 19.3. The largest absolute Gasteiger partial charge is 0.456 e. The summed E-state index contributed by atoms with van der Waals surface area (Å²) in [5.74, 6) is 0. The van der Waals surface area contributed by atoms with Crippen LogP contribution in [0, 0.1) is 13.8 Å². The van der Waals surface area contributed by atoms with E-state index in [1.165, 1.54) is 76.7 Å². The number of benzene rings is 8. The predicted molar refractivity (Wildman–Crippen MR) is 258 cm³/mol. The van der Waals surface area contributed by atoms with Crippen molar-refractivity contribution in [3.8, 4) is 33.4 Å². The number of nitrogens with zero attached hydrogens (tertiary/aromatic N) is 1. The van der Waals surface area contributed by atoms with Crippen molar-refractivity contribution >= 4 is 70.5 Å². The van der Waals surface area contributed by atoms with E-state index in [1.807, 2.05) is 11.3 Å². The molecule has 0 unspecified atom stereocenters. The van der Waals surface area contributed by atoms with Gasteiger partial charge in [0, 0.05) is 54.1 Å². The summed E-state index contributed by atoms with van der Waals surface area (Å²) in [6.07, 6.45) is 1.19. The van der Waals surface area contributed by atoms with Crippen LogP contribution in [-0.2, 0) is 10.8 Å².